The molecule has 0 bridgehead atoms. The van der Waals surface area contributed by atoms with Crippen molar-refractivity contribution in [3.63, 3.8) is 0 Å². The molecule has 0 amide bonds. The fourth-order valence-electron chi connectivity index (χ4n) is 1.09. The second-order valence-corrected chi connectivity index (χ2v) is 4.36. The second kappa shape index (κ2) is 5.19. The van der Waals surface area contributed by atoms with Crippen LogP contribution in [0.4, 0.5) is 0 Å². The van der Waals surface area contributed by atoms with Crippen molar-refractivity contribution in [2.24, 2.45) is 0 Å². The van der Waals surface area contributed by atoms with Gasteiger partial charge in [-0.3, -0.25) is 4.57 Å². The van der Waals surface area contributed by atoms with Crippen molar-refractivity contribution >= 4 is 30.1 Å². The summed E-state index contributed by atoms with van der Waals surface area (Å²) in [5.74, 6) is 3.83. The van der Waals surface area contributed by atoms with Crippen LogP contribution >= 0.6 is 30.1 Å². The van der Waals surface area contributed by atoms with E-state index in [2.05, 4.69) is 42.3 Å². The van der Waals surface area contributed by atoms with E-state index in [4.69, 9.17) is 0 Å². The molecule has 0 spiro atoms. The van der Waals surface area contributed by atoms with Gasteiger partial charge >= 0.3 is 0 Å². The van der Waals surface area contributed by atoms with Gasteiger partial charge in [-0.2, -0.15) is 0 Å². The average molecular weight is 327 g/mol. The quantitative estimate of drug-likeness (QED) is 0.596. The van der Waals surface area contributed by atoms with E-state index in [1.165, 1.54) is 8.93 Å². The zero-order chi connectivity index (χ0) is 10.5. The van der Waals surface area contributed by atoms with E-state index >= 15 is 0 Å². The lowest BCUT2D eigenvalue weighted by Crippen LogP contribution is -1.93. The first-order chi connectivity index (χ1) is 7.40. The summed E-state index contributed by atoms with van der Waals surface area (Å²) in [6, 6.07) is 3.87. The van der Waals surface area contributed by atoms with E-state index < -0.39 is 0 Å². The van der Waals surface area contributed by atoms with Gasteiger partial charge in [0.2, 0.25) is 0 Å². The first kappa shape index (κ1) is 10.5. The van der Waals surface area contributed by atoms with Gasteiger partial charge in [-0.15, -0.1) is 0 Å². The first-order valence-corrected chi connectivity index (χ1v) is 7.49. The van der Waals surface area contributed by atoms with Crippen molar-refractivity contribution in [3.8, 4) is 17.0 Å². The molecule has 0 aliphatic heterocycles. The van der Waals surface area contributed by atoms with Gasteiger partial charge in [0.15, 0.2) is 0 Å². The number of aromatic nitrogens is 3. The molecule has 3 nitrogen and oxygen atoms in total. The van der Waals surface area contributed by atoms with Gasteiger partial charge in [-0.05, 0) is 26.3 Å². The first-order valence-electron chi connectivity index (χ1n) is 4.13. The van der Waals surface area contributed by atoms with Crippen LogP contribution in [0.15, 0.2) is 37.1 Å². The van der Waals surface area contributed by atoms with Crippen LogP contribution in [0, 0.1) is 11.2 Å². The molecule has 0 aliphatic rings. The Kier molecular flexibility index (Phi) is 3.64. The number of pyridine rings is 1. The molecule has 2 aromatic rings. The lowest BCUT2D eigenvalue weighted by molar-refractivity contribution is 0.992. The normalized spacial score (nSPS) is 9.40. The summed E-state index contributed by atoms with van der Waals surface area (Å²) in [5.41, 5.74) is 0.919. The molecule has 0 unspecified atom stereocenters. The zero-order valence-electron chi connectivity index (χ0n) is 7.59. The highest BCUT2D eigenvalue weighted by molar-refractivity contribution is 14.2. The van der Waals surface area contributed by atoms with Crippen LogP contribution in [-0.2, 0) is 0 Å². The van der Waals surface area contributed by atoms with E-state index in [0.717, 1.165) is 11.4 Å². The maximum absolute atomic E-state index is 4.28. The summed E-state index contributed by atoms with van der Waals surface area (Å²) in [6.07, 6.45) is 7.06. The minimum absolute atomic E-state index is 0.847. The van der Waals surface area contributed by atoms with E-state index in [1.54, 1.807) is 18.7 Å². The third-order valence-electron chi connectivity index (χ3n) is 1.75. The summed E-state index contributed by atoms with van der Waals surface area (Å²) < 4.78 is 1.85. The predicted molar refractivity (Wildman–Crippen MR) is 69.8 cm³/mol. The summed E-state index contributed by atoms with van der Waals surface area (Å²) in [4.78, 5) is 8.24. The van der Waals surface area contributed by atoms with Crippen molar-refractivity contribution in [3.05, 3.63) is 42.6 Å². The molecule has 74 valence electrons. The Morgan fingerprint density at radius 1 is 1.40 bits per heavy atom. The molecule has 0 fully saturated rings. The maximum atomic E-state index is 4.28. The molecule has 0 radical (unpaired) electrons. The molecular formula is C10H6IN3S. The van der Waals surface area contributed by atoms with Crippen molar-refractivity contribution in [1.82, 2.24) is 14.5 Å². The molecule has 0 saturated heterocycles. The molecule has 0 N–H and O–H groups in total. The molecule has 0 aromatic carbocycles. The molecular weight excluding hydrogens is 321 g/mol. The lowest BCUT2D eigenvalue weighted by Gasteiger charge is -1.99. The van der Waals surface area contributed by atoms with Crippen molar-refractivity contribution in [2.45, 2.75) is 0 Å². The predicted octanol–water partition coefficient (Wildman–Crippen LogP) is 2.66. The minimum Gasteiger partial charge on any atom is -0.291 e. The van der Waals surface area contributed by atoms with Gasteiger partial charge in [0.05, 0.1) is 0 Å². The van der Waals surface area contributed by atoms with Crippen LogP contribution in [0.5, 0.6) is 0 Å². The highest BCUT2D eigenvalue weighted by Crippen LogP contribution is 2.08. The number of hydrogen-bond donors (Lipinski definition) is 0. The number of hydrogen-bond acceptors (Lipinski definition) is 3. The monoisotopic (exact) mass is 327 g/mol. The van der Waals surface area contributed by atoms with Crippen molar-refractivity contribution in [1.29, 1.82) is 0 Å². The SMILES string of the molecule is ISC#Cc1ccc(-n2ccnc2)nc1. The largest absolute Gasteiger partial charge is 0.291 e. The fourth-order valence-corrected chi connectivity index (χ4v) is 1.57. The fraction of sp³-hybridized carbons (Fsp3) is 0. The third kappa shape index (κ3) is 2.73. The van der Waals surface area contributed by atoms with E-state index in [-0.39, 0.29) is 0 Å². The second-order valence-electron chi connectivity index (χ2n) is 2.68. The molecule has 2 heterocycles. The van der Waals surface area contributed by atoms with Crippen LogP contribution < -0.4 is 0 Å². The highest BCUT2D eigenvalue weighted by atomic mass is 127. The van der Waals surface area contributed by atoms with E-state index in [1.807, 2.05) is 22.9 Å². The van der Waals surface area contributed by atoms with E-state index in [9.17, 15) is 0 Å². The Bertz CT molecular complexity index is 482. The Hall–Kier alpha value is -1.000. The molecule has 15 heavy (non-hydrogen) atoms. The standard InChI is InChI=1S/C10H6IN3S/c11-15-6-3-9-1-2-10(13-7-9)14-5-4-12-8-14/h1-2,4-5,7-8H. The topological polar surface area (TPSA) is 30.7 Å². The summed E-state index contributed by atoms with van der Waals surface area (Å²) >= 11 is 2.14. The lowest BCUT2D eigenvalue weighted by atomic mass is 10.3. The van der Waals surface area contributed by atoms with Crippen LogP contribution in [0.1, 0.15) is 5.56 Å². The Morgan fingerprint density at radius 2 is 2.33 bits per heavy atom. The molecule has 2 aromatic heterocycles. The third-order valence-corrected chi connectivity index (χ3v) is 2.59. The molecule has 0 atom stereocenters. The Labute approximate surface area is 104 Å². The van der Waals surface area contributed by atoms with Gasteiger partial charge in [0, 0.05) is 45.4 Å². The van der Waals surface area contributed by atoms with Crippen molar-refractivity contribution < 1.29 is 0 Å². The summed E-state index contributed by atoms with van der Waals surface area (Å²) in [5, 5.41) is 2.91. The van der Waals surface area contributed by atoms with Crippen molar-refractivity contribution in [2.75, 3.05) is 0 Å². The van der Waals surface area contributed by atoms with E-state index in [0.29, 0.717) is 0 Å². The van der Waals surface area contributed by atoms with Gasteiger partial charge < -0.3 is 0 Å². The zero-order valence-corrected chi connectivity index (χ0v) is 10.6. The number of nitrogens with zero attached hydrogens (tertiary/aromatic N) is 3. The van der Waals surface area contributed by atoms with Crippen LogP contribution in [0.3, 0.4) is 0 Å². The van der Waals surface area contributed by atoms with Gasteiger partial charge in [-0.25, -0.2) is 9.97 Å². The molecule has 0 aliphatic carbocycles. The smallest absolute Gasteiger partial charge is 0.137 e. The van der Waals surface area contributed by atoms with Gasteiger partial charge in [0.25, 0.3) is 0 Å². The molecule has 2 rings (SSSR count). The minimum atomic E-state index is 0.847. The van der Waals surface area contributed by atoms with Crippen LogP contribution in [0.2, 0.25) is 0 Å². The van der Waals surface area contributed by atoms with Gasteiger partial charge in [-0.1, -0.05) is 5.92 Å². The van der Waals surface area contributed by atoms with Crippen LogP contribution in [-0.4, -0.2) is 14.5 Å². The Balaban J connectivity index is 2.25. The number of halogens is 1. The highest BCUT2D eigenvalue weighted by Gasteiger charge is 1.95. The maximum Gasteiger partial charge on any atom is 0.137 e. The average Bonchev–Trinajstić information content (AvgIpc) is 2.80. The number of imidazole rings is 1. The molecule has 0 saturated carbocycles. The van der Waals surface area contributed by atoms with Gasteiger partial charge in [0.1, 0.15) is 12.1 Å². The molecule has 5 heteroatoms. The summed E-state index contributed by atoms with van der Waals surface area (Å²) in [6.45, 7) is 0. The Morgan fingerprint density at radius 3 is 2.93 bits per heavy atom. The van der Waals surface area contributed by atoms with Crippen LogP contribution in [0.25, 0.3) is 5.82 Å². The number of rotatable bonds is 1. The summed E-state index contributed by atoms with van der Waals surface area (Å²) in [7, 11) is 1.46.